The summed E-state index contributed by atoms with van der Waals surface area (Å²) in [5.41, 5.74) is 3.77. The molecule has 4 nitrogen and oxygen atoms in total. The second kappa shape index (κ2) is 16.3. The first-order valence-corrected chi connectivity index (χ1v) is 16.6. The van der Waals surface area contributed by atoms with E-state index in [1.807, 2.05) is 70.5 Å². The van der Waals surface area contributed by atoms with Crippen molar-refractivity contribution in [1.29, 1.82) is 0 Å². The molecule has 0 aromatic heterocycles. The Morgan fingerprint density at radius 2 is 1.23 bits per heavy atom. The molecule has 4 aromatic rings. The Bertz CT molecular complexity index is 1520. The Balaban J connectivity index is 0.000000163. The van der Waals surface area contributed by atoms with Gasteiger partial charge >= 0.3 is 0 Å². The molecule has 2 amide bonds. The van der Waals surface area contributed by atoms with Crippen LogP contribution in [0.25, 0.3) is 0 Å². The van der Waals surface area contributed by atoms with E-state index in [9.17, 15) is 18.4 Å². The molecule has 2 saturated heterocycles. The van der Waals surface area contributed by atoms with Gasteiger partial charge in [-0.15, -0.1) is 0 Å². The van der Waals surface area contributed by atoms with Gasteiger partial charge in [0, 0.05) is 51.1 Å². The topological polar surface area (TPSA) is 40.6 Å². The first-order valence-electron chi connectivity index (χ1n) is 13.9. The molecule has 0 spiro atoms. The van der Waals surface area contributed by atoms with Gasteiger partial charge in [-0.2, -0.15) is 0 Å². The first-order chi connectivity index (χ1) is 20.7. The average molecular weight is 777 g/mol. The molecule has 0 radical (unpaired) electrons. The smallest absolute Gasteiger partial charge is 0.230 e. The van der Waals surface area contributed by atoms with E-state index in [4.69, 9.17) is 0 Å². The van der Waals surface area contributed by atoms with Gasteiger partial charge in [-0.3, -0.25) is 9.59 Å². The minimum absolute atomic E-state index is 0.0598. The number of benzene rings is 4. The van der Waals surface area contributed by atoms with E-state index in [-0.39, 0.29) is 29.4 Å². The number of alkyl halides is 1. The molecule has 0 N–H and O–H groups in total. The molecular formula is C34H31Br3F2N2O2. The van der Waals surface area contributed by atoms with E-state index < -0.39 is 0 Å². The Morgan fingerprint density at radius 1 is 0.698 bits per heavy atom. The number of hydrogen-bond acceptors (Lipinski definition) is 2. The standard InChI is InChI=1S/C17H15BrFNO.C10H10BrNO.C7H6BrF/c18-14-4-6-16(7-5-14)20-9-8-13(17(20)21)10-12-2-1-3-15(19)11-12;11-8-3-5-9(6-4-8)12-7-1-2-10(12)13;8-5-6-2-1-3-7(9)4-6/h1-7,11,13H,8-10H2;3-6H,1-2,7H2;1-4H,5H2. The van der Waals surface area contributed by atoms with Gasteiger partial charge in [0.2, 0.25) is 11.8 Å². The summed E-state index contributed by atoms with van der Waals surface area (Å²) in [6.45, 7) is 1.58. The third kappa shape index (κ3) is 9.81. The number of anilines is 2. The van der Waals surface area contributed by atoms with E-state index in [2.05, 4.69) is 47.8 Å². The number of carbonyl (C=O) groups excluding carboxylic acids is 2. The Labute approximate surface area is 276 Å². The third-order valence-corrected chi connectivity index (χ3v) is 8.79. The van der Waals surface area contributed by atoms with Gasteiger partial charge in [0.25, 0.3) is 0 Å². The van der Waals surface area contributed by atoms with Crippen LogP contribution < -0.4 is 9.80 Å². The van der Waals surface area contributed by atoms with Gasteiger partial charge in [-0.05, 0) is 103 Å². The predicted molar refractivity (Wildman–Crippen MR) is 179 cm³/mol. The second-order valence-electron chi connectivity index (χ2n) is 10.2. The van der Waals surface area contributed by atoms with Gasteiger partial charge in [0.05, 0.1) is 0 Å². The van der Waals surface area contributed by atoms with Gasteiger partial charge in [0.15, 0.2) is 0 Å². The summed E-state index contributed by atoms with van der Waals surface area (Å²) < 4.78 is 27.6. The summed E-state index contributed by atoms with van der Waals surface area (Å²) in [5, 5.41) is 0.713. The number of rotatable bonds is 5. The second-order valence-corrected chi connectivity index (χ2v) is 12.6. The van der Waals surface area contributed by atoms with Crippen molar-refractivity contribution in [2.45, 2.75) is 31.0 Å². The molecule has 43 heavy (non-hydrogen) atoms. The minimum Gasteiger partial charge on any atom is -0.312 e. The number of carbonyl (C=O) groups is 2. The maximum atomic E-state index is 13.2. The largest absolute Gasteiger partial charge is 0.312 e. The molecule has 0 bridgehead atoms. The van der Waals surface area contributed by atoms with Crippen LogP contribution >= 0.6 is 47.8 Å². The van der Waals surface area contributed by atoms with Gasteiger partial charge < -0.3 is 9.80 Å². The van der Waals surface area contributed by atoms with Gasteiger partial charge in [-0.25, -0.2) is 8.78 Å². The van der Waals surface area contributed by atoms with Crippen LogP contribution in [0, 0.1) is 17.6 Å². The van der Waals surface area contributed by atoms with E-state index in [1.54, 1.807) is 12.1 Å². The van der Waals surface area contributed by atoms with Crippen LogP contribution in [0.2, 0.25) is 0 Å². The Morgan fingerprint density at radius 3 is 1.72 bits per heavy atom. The lowest BCUT2D eigenvalue weighted by Crippen LogP contribution is -2.27. The van der Waals surface area contributed by atoms with Crippen molar-refractivity contribution in [3.63, 3.8) is 0 Å². The summed E-state index contributed by atoms with van der Waals surface area (Å²) in [6.07, 6.45) is 3.08. The fourth-order valence-corrected chi connectivity index (χ4v) is 5.79. The van der Waals surface area contributed by atoms with Gasteiger partial charge in [0.1, 0.15) is 11.6 Å². The quantitative estimate of drug-likeness (QED) is 0.190. The summed E-state index contributed by atoms with van der Waals surface area (Å²) in [5.74, 6) is -0.117. The third-order valence-electron chi connectivity index (χ3n) is 7.08. The molecule has 9 heteroatoms. The average Bonchev–Trinajstić information content (AvgIpc) is 3.59. The number of hydrogen-bond donors (Lipinski definition) is 0. The molecule has 6 rings (SSSR count). The van der Waals surface area contributed by atoms with Crippen molar-refractivity contribution in [2.24, 2.45) is 5.92 Å². The molecule has 0 aliphatic carbocycles. The highest BCUT2D eigenvalue weighted by atomic mass is 79.9. The highest BCUT2D eigenvalue weighted by molar-refractivity contribution is 9.10. The summed E-state index contributed by atoms with van der Waals surface area (Å²) in [7, 11) is 0. The van der Waals surface area contributed by atoms with Crippen LogP contribution in [0.15, 0.2) is 106 Å². The molecule has 1 unspecified atom stereocenters. The van der Waals surface area contributed by atoms with Crippen LogP contribution in [-0.2, 0) is 21.3 Å². The van der Waals surface area contributed by atoms with Crippen molar-refractivity contribution in [3.8, 4) is 0 Å². The van der Waals surface area contributed by atoms with E-state index >= 15 is 0 Å². The highest BCUT2D eigenvalue weighted by Crippen LogP contribution is 2.29. The van der Waals surface area contributed by atoms with Crippen molar-refractivity contribution in [3.05, 3.63) is 129 Å². The maximum Gasteiger partial charge on any atom is 0.230 e. The van der Waals surface area contributed by atoms with Crippen LogP contribution in [-0.4, -0.2) is 24.9 Å². The van der Waals surface area contributed by atoms with Crippen LogP contribution in [0.5, 0.6) is 0 Å². The molecular weight excluding hydrogens is 746 g/mol. The molecule has 2 aliphatic heterocycles. The zero-order valence-electron chi connectivity index (χ0n) is 23.4. The Kier molecular flexibility index (Phi) is 12.5. The predicted octanol–water partition coefficient (Wildman–Crippen LogP) is 9.48. The van der Waals surface area contributed by atoms with Crippen molar-refractivity contribution < 1.29 is 18.4 Å². The lowest BCUT2D eigenvalue weighted by molar-refractivity contribution is -0.120. The lowest BCUT2D eigenvalue weighted by atomic mass is 9.98. The molecule has 2 fully saturated rings. The van der Waals surface area contributed by atoms with Gasteiger partial charge in [-0.1, -0.05) is 72.1 Å². The first kappa shape index (κ1) is 33.0. The SMILES string of the molecule is Fc1cccc(CBr)c1.O=C1C(Cc2cccc(F)c2)CCN1c1ccc(Br)cc1.O=C1CCCN1c1ccc(Br)cc1. The number of nitrogens with zero attached hydrogens (tertiary/aromatic N) is 2. The molecule has 4 aromatic carbocycles. The lowest BCUT2D eigenvalue weighted by Gasteiger charge is -2.17. The van der Waals surface area contributed by atoms with E-state index in [0.717, 1.165) is 57.4 Å². The van der Waals surface area contributed by atoms with Crippen molar-refractivity contribution in [2.75, 3.05) is 22.9 Å². The van der Waals surface area contributed by atoms with Crippen molar-refractivity contribution in [1.82, 2.24) is 0 Å². The zero-order valence-corrected chi connectivity index (χ0v) is 28.1. The van der Waals surface area contributed by atoms with Crippen LogP contribution in [0.1, 0.15) is 30.4 Å². The van der Waals surface area contributed by atoms with Crippen molar-refractivity contribution >= 4 is 71.0 Å². The molecule has 2 heterocycles. The fourth-order valence-electron chi connectivity index (χ4n) is 4.92. The molecule has 0 saturated carbocycles. The van der Waals surface area contributed by atoms with E-state index in [1.165, 1.54) is 24.3 Å². The summed E-state index contributed by atoms with van der Waals surface area (Å²) in [4.78, 5) is 27.5. The fraction of sp³-hybridized carbons (Fsp3) is 0.235. The van der Waals surface area contributed by atoms with Crippen LogP contribution in [0.3, 0.4) is 0 Å². The normalized spacial score (nSPS) is 16.0. The molecule has 224 valence electrons. The molecule has 2 aliphatic rings. The maximum absolute atomic E-state index is 13.2. The summed E-state index contributed by atoms with van der Waals surface area (Å²) >= 11 is 9.98. The van der Waals surface area contributed by atoms with E-state index in [0.29, 0.717) is 18.2 Å². The summed E-state index contributed by atoms with van der Waals surface area (Å²) in [6, 6.07) is 28.6. The highest BCUT2D eigenvalue weighted by Gasteiger charge is 2.32. The molecule has 1 atom stereocenters. The Hall–Kier alpha value is -2.88. The zero-order chi connectivity index (χ0) is 30.8. The number of halogens is 5. The monoisotopic (exact) mass is 774 g/mol. The minimum atomic E-state index is -0.247. The van der Waals surface area contributed by atoms with Crippen LogP contribution in [0.4, 0.5) is 20.2 Å². The number of amides is 2.